The van der Waals surface area contributed by atoms with Gasteiger partial charge in [0.1, 0.15) is 0 Å². The molecule has 10 nitrogen and oxygen atoms in total. The fourth-order valence-corrected chi connectivity index (χ4v) is 4.87. The molecule has 36 heavy (non-hydrogen) atoms. The number of anilines is 1. The number of nitrogens with zero attached hydrogens (tertiary/aromatic N) is 7. The van der Waals surface area contributed by atoms with Gasteiger partial charge >= 0.3 is 0 Å². The molecule has 2 aromatic heterocycles. The predicted octanol–water partition coefficient (Wildman–Crippen LogP) is 3.53. The largest absolute Gasteiger partial charge is 0.381 e. The van der Waals surface area contributed by atoms with E-state index in [0.717, 1.165) is 5.56 Å². The Kier molecular flexibility index (Phi) is 6.61. The van der Waals surface area contributed by atoms with Crippen LogP contribution in [0, 0.1) is 28.6 Å². The number of benzene rings is 1. The van der Waals surface area contributed by atoms with Crippen LogP contribution in [-0.2, 0) is 10.3 Å². The zero-order chi connectivity index (χ0) is 25.0. The van der Waals surface area contributed by atoms with Gasteiger partial charge in [-0.05, 0) is 43.9 Å². The minimum Gasteiger partial charge on any atom is -0.381 e. The summed E-state index contributed by atoms with van der Waals surface area (Å²) < 4.78 is 7.29. The molecule has 1 aliphatic carbocycles. The minimum absolute atomic E-state index is 0.0563. The van der Waals surface area contributed by atoms with Gasteiger partial charge in [-0.3, -0.25) is 14.9 Å². The van der Waals surface area contributed by atoms with Gasteiger partial charge in [0.25, 0.3) is 5.91 Å². The molecule has 1 aliphatic heterocycles. The molecule has 1 aromatic carbocycles. The Hall–Kier alpha value is -4.28. The highest BCUT2D eigenvalue weighted by Gasteiger charge is 2.46. The van der Waals surface area contributed by atoms with Crippen molar-refractivity contribution in [2.45, 2.75) is 43.7 Å². The van der Waals surface area contributed by atoms with Crippen LogP contribution in [0.5, 0.6) is 0 Å². The first-order valence-corrected chi connectivity index (χ1v) is 12.0. The van der Waals surface area contributed by atoms with Crippen molar-refractivity contribution in [3.63, 3.8) is 0 Å². The third-order valence-electron chi connectivity index (χ3n) is 6.88. The van der Waals surface area contributed by atoms with Crippen LogP contribution in [0.25, 0.3) is 11.3 Å². The van der Waals surface area contributed by atoms with Crippen molar-refractivity contribution in [1.82, 2.24) is 24.8 Å². The molecule has 0 bridgehead atoms. The van der Waals surface area contributed by atoms with Gasteiger partial charge in [-0.1, -0.05) is 18.2 Å². The molecule has 1 saturated heterocycles. The zero-order valence-corrected chi connectivity index (χ0v) is 19.7. The number of nitriles is 2. The van der Waals surface area contributed by atoms with E-state index in [0.29, 0.717) is 62.5 Å². The molecule has 1 saturated carbocycles. The van der Waals surface area contributed by atoms with Crippen LogP contribution in [-0.4, -0.2) is 49.9 Å². The Morgan fingerprint density at radius 3 is 2.69 bits per heavy atom. The molecule has 10 heteroatoms. The molecule has 0 atom stereocenters. The normalized spacial score (nSPS) is 21.6. The van der Waals surface area contributed by atoms with Crippen LogP contribution in [0.15, 0.2) is 55.0 Å². The van der Waals surface area contributed by atoms with Gasteiger partial charge in [-0.25, -0.2) is 15.0 Å². The maximum atomic E-state index is 13.4. The molecule has 0 spiro atoms. The van der Waals surface area contributed by atoms with Crippen LogP contribution >= 0.6 is 0 Å². The molecule has 3 heterocycles. The summed E-state index contributed by atoms with van der Waals surface area (Å²) in [5.74, 6) is 0.0925. The maximum Gasteiger partial charge on any atom is 0.272 e. The Labute approximate surface area is 209 Å². The number of aromatic nitrogens is 4. The lowest BCUT2D eigenvalue weighted by Crippen LogP contribution is -2.47. The standard InChI is InChI=1S/C26H26N8O2/c27-10-9-26(14-19(15-26)16-28)33-18-21(17-30-33)23-6-11-29-25(31-23)32-34(22-7-12-36-13-8-22)24(35)20-4-2-1-3-5-20/h1-6,11,17-19,22H,7-9,12-15H2,(H,29,31,32). The van der Waals surface area contributed by atoms with Gasteiger partial charge in [-0.15, -0.1) is 0 Å². The third kappa shape index (κ3) is 4.64. The summed E-state index contributed by atoms with van der Waals surface area (Å²) >= 11 is 0. The second-order valence-corrected chi connectivity index (χ2v) is 9.23. The molecule has 0 unspecified atom stereocenters. The summed E-state index contributed by atoms with van der Waals surface area (Å²) in [7, 11) is 0. The SMILES string of the molecule is N#CCC1(n2cc(-c3ccnc(NN(C(=O)c4ccccc4)C4CCOCC4)n3)cn2)CC(C#N)C1. The summed E-state index contributed by atoms with van der Waals surface area (Å²) in [6.07, 6.45) is 8.14. The van der Waals surface area contributed by atoms with Crippen molar-refractivity contribution >= 4 is 11.9 Å². The predicted molar refractivity (Wildman–Crippen MR) is 130 cm³/mol. The zero-order valence-electron chi connectivity index (χ0n) is 19.7. The van der Waals surface area contributed by atoms with E-state index in [1.165, 1.54) is 0 Å². The van der Waals surface area contributed by atoms with Crippen molar-refractivity contribution in [3.05, 3.63) is 60.6 Å². The smallest absolute Gasteiger partial charge is 0.272 e. The number of carbonyl (C=O) groups is 1. The molecule has 0 radical (unpaired) electrons. The van der Waals surface area contributed by atoms with Gasteiger partial charge in [0.05, 0.1) is 47.9 Å². The van der Waals surface area contributed by atoms with Gasteiger partial charge in [0.2, 0.25) is 5.95 Å². The fraction of sp³-hybridized carbons (Fsp3) is 0.385. The first-order chi connectivity index (χ1) is 17.6. The van der Waals surface area contributed by atoms with E-state index in [1.807, 2.05) is 24.4 Å². The van der Waals surface area contributed by atoms with E-state index in [1.54, 1.807) is 40.3 Å². The minimum atomic E-state index is -0.455. The lowest BCUT2D eigenvalue weighted by atomic mass is 9.67. The number of amides is 1. The number of carbonyl (C=O) groups excluding carboxylic acids is 1. The molecule has 3 aromatic rings. The fourth-order valence-electron chi connectivity index (χ4n) is 4.87. The average molecular weight is 483 g/mol. The molecule has 5 rings (SSSR count). The van der Waals surface area contributed by atoms with Crippen LogP contribution in [0.1, 0.15) is 42.5 Å². The van der Waals surface area contributed by atoms with E-state index in [9.17, 15) is 15.3 Å². The van der Waals surface area contributed by atoms with E-state index >= 15 is 0 Å². The van der Waals surface area contributed by atoms with Crippen molar-refractivity contribution in [2.24, 2.45) is 5.92 Å². The number of hydrogen-bond acceptors (Lipinski definition) is 8. The monoisotopic (exact) mass is 482 g/mol. The van der Waals surface area contributed by atoms with Crippen LogP contribution in [0.3, 0.4) is 0 Å². The highest BCUT2D eigenvalue weighted by Crippen LogP contribution is 2.46. The number of nitrogens with one attached hydrogen (secondary N) is 1. The molecule has 1 amide bonds. The lowest BCUT2D eigenvalue weighted by Gasteiger charge is -2.43. The van der Waals surface area contributed by atoms with Crippen molar-refractivity contribution in [2.75, 3.05) is 18.6 Å². The average Bonchev–Trinajstić information content (AvgIpc) is 3.41. The Balaban J connectivity index is 1.39. The molecular weight excluding hydrogens is 456 g/mol. The molecule has 2 fully saturated rings. The van der Waals surface area contributed by atoms with Gasteiger partial charge in [0.15, 0.2) is 0 Å². The van der Waals surface area contributed by atoms with E-state index in [4.69, 9.17) is 4.74 Å². The van der Waals surface area contributed by atoms with Crippen molar-refractivity contribution in [3.8, 4) is 23.4 Å². The Bertz CT molecular complexity index is 1300. The van der Waals surface area contributed by atoms with Gasteiger partial charge < -0.3 is 4.74 Å². The summed E-state index contributed by atoms with van der Waals surface area (Å²) in [5.41, 5.74) is 4.68. The topological polar surface area (TPSA) is 133 Å². The molecule has 2 aliphatic rings. The molecule has 182 valence electrons. The lowest BCUT2D eigenvalue weighted by molar-refractivity contribution is 0.0356. The number of hydrazine groups is 1. The van der Waals surface area contributed by atoms with E-state index in [-0.39, 0.29) is 17.9 Å². The van der Waals surface area contributed by atoms with Gasteiger partial charge in [0, 0.05) is 36.7 Å². The Morgan fingerprint density at radius 2 is 1.97 bits per heavy atom. The van der Waals surface area contributed by atoms with Crippen LogP contribution < -0.4 is 5.43 Å². The van der Waals surface area contributed by atoms with Crippen LogP contribution in [0.4, 0.5) is 5.95 Å². The highest BCUT2D eigenvalue weighted by atomic mass is 16.5. The summed E-state index contributed by atoms with van der Waals surface area (Å²) in [6, 6.07) is 15.4. The number of hydrogen-bond donors (Lipinski definition) is 1. The van der Waals surface area contributed by atoms with E-state index < -0.39 is 5.54 Å². The second-order valence-electron chi connectivity index (χ2n) is 9.23. The first-order valence-electron chi connectivity index (χ1n) is 12.0. The Morgan fingerprint density at radius 1 is 1.19 bits per heavy atom. The van der Waals surface area contributed by atoms with Crippen LogP contribution in [0.2, 0.25) is 0 Å². The summed E-state index contributed by atoms with van der Waals surface area (Å²) in [5, 5.41) is 24.6. The quantitative estimate of drug-likeness (QED) is 0.506. The summed E-state index contributed by atoms with van der Waals surface area (Å²) in [6.45, 7) is 1.17. The highest BCUT2D eigenvalue weighted by molar-refractivity contribution is 5.95. The molecule has 1 N–H and O–H groups in total. The maximum absolute atomic E-state index is 13.4. The van der Waals surface area contributed by atoms with Crippen molar-refractivity contribution in [1.29, 1.82) is 10.5 Å². The first kappa shape index (κ1) is 23.5. The van der Waals surface area contributed by atoms with Gasteiger partial charge in [-0.2, -0.15) is 15.6 Å². The number of rotatable bonds is 7. The number of ether oxygens (including phenoxy) is 1. The van der Waals surface area contributed by atoms with Crippen molar-refractivity contribution < 1.29 is 9.53 Å². The molecular formula is C26H26N8O2. The second kappa shape index (κ2) is 10.1. The third-order valence-corrected chi connectivity index (χ3v) is 6.88. The summed E-state index contributed by atoms with van der Waals surface area (Å²) in [4.78, 5) is 22.4. The van der Waals surface area contributed by atoms with E-state index in [2.05, 4.69) is 32.6 Å².